The van der Waals surface area contributed by atoms with Crippen LogP contribution in [0.25, 0.3) is 0 Å². The highest BCUT2D eigenvalue weighted by Crippen LogP contribution is 2.11. The van der Waals surface area contributed by atoms with E-state index in [1.54, 1.807) is 23.3 Å². The second-order valence-corrected chi connectivity index (χ2v) is 4.99. The average molecular weight is 285 g/mol. The van der Waals surface area contributed by atoms with Crippen molar-refractivity contribution in [3.05, 3.63) is 22.4 Å². The standard InChI is InChI=1S/C13H19NO4S/c1-17-8-7-14(6-5-13(16)18-2)12(15)10-11-4-3-9-19-11/h3-4,9H,5-8,10H2,1-2H3. The first-order chi connectivity index (χ1) is 9.17. The van der Waals surface area contributed by atoms with Gasteiger partial charge in [-0.1, -0.05) is 6.07 Å². The number of methoxy groups -OCH3 is 2. The summed E-state index contributed by atoms with van der Waals surface area (Å²) in [4.78, 5) is 25.9. The van der Waals surface area contributed by atoms with Gasteiger partial charge >= 0.3 is 5.97 Å². The van der Waals surface area contributed by atoms with Crippen LogP contribution >= 0.6 is 11.3 Å². The first-order valence-electron chi connectivity index (χ1n) is 6.03. The molecule has 0 N–H and O–H groups in total. The summed E-state index contributed by atoms with van der Waals surface area (Å²) in [5.41, 5.74) is 0. The molecule has 0 aliphatic heterocycles. The lowest BCUT2D eigenvalue weighted by Gasteiger charge is -2.21. The predicted octanol–water partition coefficient (Wildman–Crippen LogP) is 1.33. The number of esters is 1. The zero-order valence-corrected chi connectivity index (χ0v) is 12.1. The minimum absolute atomic E-state index is 0.00315. The third-order valence-electron chi connectivity index (χ3n) is 2.64. The van der Waals surface area contributed by atoms with E-state index in [9.17, 15) is 9.59 Å². The highest BCUT2D eigenvalue weighted by molar-refractivity contribution is 7.10. The van der Waals surface area contributed by atoms with Crippen LogP contribution in [0.5, 0.6) is 0 Å². The van der Waals surface area contributed by atoms with Crippen LogP contribution in [0.4, 0.5) is 0 Å². The Morgan fingerprint density at radius 2 is 2.11 bits per heavy atom. The molecule has 1 aromatic heterocycles. The fourth-order valence-electron chi connectivity index (χ4n) is 1.57. The van der Waals surface area contributed by atoms with Gasteiger partial charge in [-0.25, -0.2) is 0 Å². The van der Waals surface area contributed by atoms with Gasteiger partial charge in [-0.15, -0.1) is 11.3 Å². The zero-order valence-electron chi connectivity index (χ0n) is 11.3. The van der Waals surface area contributed by atoms with E-state index in [-0.39, 0.29) is 18.3 Å². The van der Waals surface area contributed by atoms with Crippen molar-refractivity contribution in [1.29, 1.82) is 0 Å². The molecule has 0 spiro atoms. The number of carbonyl (C=O) groups excluding carboxylic acids is 2. The van der Waals surface area contributed by atoms with E-state index in [0.717, 1.165) is 4.88 Å². The van der Waals surface area contributed by atoms with Crippen LogP contribution in [-0.4, -0.2) is 50.7 Å². The number of rotatable bonds is 8. The Labute approximate surface area is 117 Å². The van der Waals surface area contributed by atoms with Crippen LogP contribution in [0.15, 0.2) is 17.5 Å². The second kappa shape index (κ2) is 8.66. The topological polar surface area (TPSA) is 55.8 Å². The molecule has 6 heteroatoms. The number of hydrogen-bond acceptors (Lipinski definition) is 5. The summed E-state index contributed by atoms with van der Waals surface area (Å²) < 4.78 is 9.57. The lowest BCUT2D eigenvalue weighted by molar-refractivity contribution is -0.141. The van der Waals surface area contributed by atoms with E-state index >= 15 is 0 Å². The van der Waals surface area contributed by atoms with Gasteiger partial charge in [0.25, 0.3) is 0 Å². The van der Waals surface area contributed by atoms with Gasteiger partial charge in [0.15, 0.2) is 0 Å². The summed E-state index contributed by atoms with van der Waals surface area (Å²) in [7, 11) is 2.93. The molecule has 0 fully saturated rings. The molecule has 0 saturated heterocycles. The maximum Gasteiger partial charge on any atom is 0.307 e. The molecule has 1 heterocycles. The van der Waals surface area contributed by atoms with Crippen LogP contribution in [0.3, 0.4) is 0 Å². The largest absolute Gasteiger partial charge is 0.469 e. The van der Waals surface area contributed by atoms with Crippen LogP contribution < -0.4 is 0 Å². The van der Waals surface area contributed by atoms with Crippen molar-refractivity contribution in [2.45, 2.75) is 12.8 Å². The summed E-state index contributed by atoms with van der Waals surface area (Å²) in [5.74, 6) is -0.310. The van der Waals surface area contributed by atoms with Crippen molar-refractivity contribution in [3.63, 3.8) is 0 Å². The number of nitrogens with zero attached hydrogens (tertiary/aromatic N) is 1. The molecular weight excluding hydrogens is 266 g/mol. The number of carbonyl (C=O) groups is 2. The normalized spacial score (nSPS) is 10.2. The average Bonchev–Trinajstić information content (AvgIpc) is 2.91. The van der Waals surface area contributed by atoms with Crippen molar-refractivity contribution in [2.75, 3.05) is 33.9 Å². The minimum Gasteiger partial charge on any atom is -0.469 e. The van der Waals surface area contributed by atoms with Crippen molar-refractivity contribution >= 4 is 23.2 Å². The van der Waals surface area contributed by atoms with Gasteiger partial charge in [0.1, 0.15) is 0 Å². The van der Waals surface area contributed by atoms with Gasteiger partial charge in [0, 0.05) is 25.1 Å². The SMILES string of the molecule is COCCN(CCC(=O)OC)C(=O)Cc1cccs1. The number of thiophene rings is 1. The third-order valence-corrected chi connectivity index (χ3v) is 3.51. The highest BCUT2D eigenvalue weighted by Gasteiger charge is 2.15. The van der Waals surface area contributed by atoms with Crippen molar-refractivity contribution in [2.24, 2.45) is 0 Å². The molecule has 0 bridgehead atoms. The van der Waals surface area contributed by atoms with Gasteiger partial charge < -0.3 is 14.4 Å². The molecule has 0 unspecified atom stereocenters. The Morgan fingerprint density at radius 3 is 2.68 bits per heavy atom. The van der Waals surface area contributed by atoms with Crippen molar-refractivity contribution in [3.8, 4) is 0 Å². The van der Waals surface area contributed by atoms with Gasteiger partial charge in [-0.3, -0.25) is 9.59 Å². The van der Waals surface area contributed by atoms with Gasteiger partial charge in [0.2, 0.25) is 5.91 Å². The van der Waals surface area contributed by atoms with Crippen molar-refractivity contribution < 1.29 is 19.1 Å². The van der Waals surface area contributed by atoms with E-state index in [1.807, 2.05) is 17.5 Å². The molecule has 1 aromatic rings. The Hall–Kier alpha value is -1.40. The van der Waals surface area contributed by atoms with Gasteiger partial charge in [-0.2, -0.15) is 0 Å². The maximum absolute atomic E-state index is 12.1. The number of ether oxygens (including phenoxy) is 2. The number of amides is 1. The fraction of sp³-hybridized carbons (Fsp3) is 0.538. The molecule has 0 aliphatic carbocycles. The summed E-state index contributed by atoms with van der Waals surface area (Å²) in [5, 5.41) is 1.94. The zero-order chi connectivity index (χ0) is 14.1. The molecule has 5 nitrogen and oxygen atoms in total. The first kappa shape index (κ1) is 15.7. The maximum atomic E-state index is 12.1. The number of hydrogen-bond donors (Lipinski definition) is 0. The lowest BCUT2D eigenvalue weighted by atomic mass is 10.3. The highest BCUT2D eigenvalue weighted by atomic mass is 32.1. The predicted molar refractivity (Wildman–Crippen MR) is 73.1 cm³/mol. The van der Waals surface area contributed by atoms with E-state index in [2.05, 4.69) is 4.74 Å². The summed E-state index contributed by atoms with van der Waals surface area (Å²) in [6, 6.07) is 3.85. The molecular formula is C13H19NO4S. The van der Waals surface area contributed by atoms with Gasteiger partial charge in [-0.05, 0) is 11.4 Å². The Balaban J connectivity index is 2.51. The third kappa shape index (κ3) is 5.85. The van der Waals surface area contributed by atoms with Gasteiger partial charge in [0.05, 0.1) is 26.6 Å². The fourth-order valence-corrected chi connectivity index (χ4v) is 2.26. The molecule has 1 rings (SSSR count). The minimum atomic E-state index is -0.314. The van der Waals surface area contributed by atoms with E-state index in [4.69, 9.17) is 4.74 Å². The van der Waals surface area contributed by atoms with Crippen LogP contribution in [0.2, 0.25) is 0 Å². The molecule has 0 radical (unpaired) electrons. The molecule has 19 heavy (non-hydrogen) atoms. The van der Waals surface area contributed by atoms with E-state index in [1.165, 1.54) is 7.11 Å². The van der Waals surface area contributed by atoms with Crippen LogP contribution in [0, 0.1) is 0 Å². The Bertz CT molecular complexity index is 391. The lowest BCUT2D eigenvalue weighted by Crippen LogP contribution is -2.36. The van der Waals surface area contributed by atoms with Crippen LogP contribution in [0.1, 0.15) is 11.3 Å². The molecule has 0 aromatic carbocycles. The molecule has 0 atom stereocenters. The smallest absolute Gasteiger partial charge is 0.307 e. The Morgan fingerprint density at radius 1 is 1.32 bits per heavy atom. The summed E-state index contributed by atoms with van der Waals surface area (Å²) >= 11 is 1.55. The summed E-state index contributed by atoms with van der Waals surface area (Å²) in [6.07, 6.45) is 0.568. The molecule has 0 aliphatic rings. The monoisotopic (exact) mass is 285 g/mol. The summed E-state index contributed by atoms with van der Waals surface area (Å²) in [6.45, 7) is 1.30. The molecule has 0 saturated carbocycles. The quantitative estimate of drug-likeness (QED) is 0.676. The van der Waals surface area contributed by atoms with Crippen LogP contribution in [-0.2, 0) is 25.5 Å². The Kier molecular flexibility index (Phi) is 7.14. The van der Waals surface area contributed by atoms with Crippen molar-refractivity contribution in [1.82, 2.24) is 4.90 Å². The van der Waals surface area contributed by atoms with E-state index < -0.39 is 0 Å². The van der Waals surface area contributed by atoms with E-state index in [0.29, 0.717) is 26.1 Å². The second-order valence-electron chi connectivity index (χ2n) is 3.96. The molecule has 1 amide bonds. The first-order valence-corrected chi connectivity index (χ1v) is 6.91. The molecule has 106 valence electrons.